The van der Waals surface area contributed by atoms with E-state index in [1.165, 1.54) is 24.9 Å². The number of nitrogens with zero attached hydrogens (tertiary/aromatic N) is 2. The van der Waals surface area contributed by atoms with E-state index in [0.29, 0.717) is 5.56 Å². The maximum Gasteiger partial charge on any atom is 0.428 e. The summed E-state index contributed by atoms with van der Waals surface area (Å²) in [5.41, 5.74) is -0.130. The Labute approximate surface area is 182 Å². The van der Waals surface area contributed by atoms with Gasteiger partial charge in [0.05, 0.1) is 0 Å². The number of aliphatic imine (C=N–C) groups is 1. The second kappa shape index (κ2) is 11.4. The molecule has 0 aromatic heterocycles. The van der Waals surface area contributed by atoms with Crippen LogP contribution in [0.15, 0.2) is 27.7 Å². The van der Waals surface area contributed by atoms with Gasteiger partial charge in [0.15, 0.2) is 17.5 Å². The summed E-state index contributed by atoms with van der Waals surface area (Å²) in [6.45, 7) is 5.11. The van der Waals surface area contributed by atoms with Crippen molar-refractivity contribution in [1.82, 2.24) is 4.31 Å². The van der Waals surface area contributed by atoms with Gasteiger partial charge in [-0.05, 0) is 51.0 Å². The van der Waals surface area contributed by atoms with Crippen molar-refractivity contribution >= 4 is 51.3 Å². The number of rotatable bonds is 3. The monoisotopic (exact) mass is 498 g/mol. The second-order valence-electron chi connectivity index (χ2n) is 6.92. The minimum absolute atomic E-state index is 0.00403. The molecule has 0 bridgehead atoms. The van der Waals surface area contributed by atoms with E-state index >= 15 is 0 Å². The number of thioether (sulfide) groups is 1. The van der Waals surface area contributed by atoms with Crippen molar-refractivity contribution in [2.24, 2.45) is 4.99 Å². The molecule has 28 heavy (non-hydrogen) atoms. The predicted octanol–water partition coefficient (Wildman–Crippen LogP) is 6.20. The van der Waals surface area contributed by atoms with Crippen molar-refractivity contribution < 1.29 is 22.5 Å². The molecule has 1 amide bonds. The van der Waals surface area contributed by atoms with Crippen LogP contribution in [0.2, 0.25) is 0 Å². The number of benzene rings is 1. The third-order valence-electron chi connectivity index (χ3n) is 3.34. The molecule has 0 aliphatic heterocycles. The van der Waals surface area contributed by atoms with Crippen LogP contribution in [-0.4, -0.2) is 47.7 Å². The second-order valence-corrected chi connectivity index (χ2v) is 9.55. The Hall–Kier alpha value is -0.840. The Morgan fingerprint density at radius 3 is 2.46 bits per heavy atom. The quantitative estimate of drug-likeness (QED) is 0.282. The molecule has 1 saturated carbocycles. The topological polar surface area (TPSA) is 51.1 Å². The van der Waals surface area contributed by atoms with E-state index in [9.17, 15) is 13.1 Å². The van der Waals surface area contributed by atoms with Crippen molar-refractivity contribution in [3.8, 4) is 0 Å². The van der Waals surface area contributed by atoms with Crippen molar-refractivity contribution in [2.45, 2.75) is 44.0 Å². The first kappa shape index (κ1) is 25.2. The van der Waals surface area contributed by atoms with Gasteiger partial charge in [0.1, 0.15) is 11.4 Å². The first-order chi connectivity index (χ1) is 13.1. The van der Waals surface area contributed by atoms with E-state index in [1.807, 2.05) is 0 Å². The van der Waals surface area contributed by atoms with Crippen LogP contribution in [-0.2, 0) is 9.47 Å². The van der Waals surface area contributed by atoms with Crippen LogP contribution in [0.25, 0.3) is 0 Å². The average molecular weight is 499 g/mol. The Balaban J connectivity index is 0.00000122. The zero-order valence-corrected chi connectivity index (χ0v) is 19.9. The molecule has 158 valence electrons. The van der Waals surface area contributed by atoms with Gasteiger partial charge in [-0.25, -0.2) is 9.18 Å². The summed E-state index contributed by atoms with van der Waals surface area (Å²) in [5.74, 6) is -0.264. The molecular weight excluding hydrogens is 474 g/mol. The van der Waals surface area contributed by atoms with Crippen LogP contribution < -0.4 is 0 Å². The molecule has 0 spiro atoms. The molecule has 2 atom stereocenters. The van der Waals surface area contributed by atoms with Gasteiger partial charge in [0, 0.05) is 36.9 Å². The lowest BCUT2D eigenvalue weighted by Crippen LogP contribution is -2.35. The summed E-state index contributed by atoms with van der Waals surface area (Å²) in [4.78, 5) is 16.1. The average Bonchev–Trinajstić information content (AvgIpc) is 3.35. The lowest BCUT2D eigenvalue weighted by molar-refractivity contribution is 0.0474. The van der Waals surface area contributed by atoms with Crippen molar-refractivity contribution in [3.05, 3.63) is 34.1 Å². The van der Waals surface area contributed by atoms with Crippen LogP contribution in [0, 0.1) is 5.82 Å². The van der Waals surface area contributed by atoms with Crippen molar-refractivity contribution in [2.75, 3.05) is 21.3 Å². The van der Waals surface area contributed by atoms with E-state index < -0.39 is 11.7 Å². The Morgan fingerprint density at radius 1 is 1.36 bits per heavy atom. The van der Waals surface area contributed by atoms with Gasteiger partial charge in [0.25, 0.3) is 0 Å². The van der Waals surface area contributed by atoms with E-state index in [-0.39, 0.29) is 34.5 Å². The number of amides is 1. The number of ether oxygens (including phenoxy) is 2. The molecule has 1 aromatic rings. The molecule has 0 radical (unpaired) electrons. The summed E-state index contributed by atoms with van der Waals surface area (Å²) in [6.07, 6.45) is -0.0881. The highest BCUT2D eigenvalue weighted by molar-refractivity contribution is 9.10. The zero-order valence-electron chi connectivity index (χ0n) is 16.7. The van der Waals surface area contributed by atoms with E-state index in [4.69, 9.17) is 4.74 Å². The molecule has 1 aromatic carbocycles. The highest BCUT2D eigenvalue weighted by Crippen LogP contribution is 2.51. The molecule has 2 rings (SSSR count). The number of amidine groups is 1. The fourth-order valence-corrected chi connectivity index (χ4v) is 4.18. The van der Waals surface area contributed by atoms with E-state index in [2.05, 4.69) is 25.7 Å². The number of carbonyl (C=O) groups is 1. The highest BCUT2D eigenvalue weighted by Gasteiger charge is 2.43. The van der Waals surface area contributed by atoms with Crippen LogP contribution in [0.4, 0.5) is 13.1 Å². The van der Waals surface area contributed by atoms with Crippen LogP contribution >= 0.6 is 40.0 Å². The van der Waals surface area contributed by atoms with Crippen LogP contribution in [0.3, 0.4) is 0 Å². The minimum atomic E-state index is -0.820. The number of hydrogen-bond acceptors (Lipinski definition) is 6. The summed E-state index contributed by atoms with van der Waals surface area (Å²) in [6, 6.07) is 4.81. The first-order valence-electron chi connectivity index (χ1n) is 8.38. The summed E-state index contributed by atoms with van der Waals surface area (Å²) >= 11 is 4.34. The normalized spacial score (nSPS) is 18.8. The number of methoxy groups -OCH3 is 1. The lowest BCUT2D eigenvalue weighted by atomic mass is 10.1. The van der Waals surface area contributed by atoms with Crippen molar-refractivity contribution in [3.63, 3.8) is 0 Å². The van der Waals surface area contributed by atoms with Gasteiger partial charge >= 0.3 is 6.09 Å². The SMILES string of the molecule is CN=C(SC1CC1c1cc(Br)ccc1F)N(SF)C(=O)OC(C)(C)C.COC. The van der Waals surface area contributed by atoms with Gasteiger partial charge in [-0.3, -0.25) is 4.99 Å². The van der Waals surface area contributed by atoms with E-state index in [1.54, 1.807) is 47.1 Å². The fourth-order valence-electron chi connectivity index (χ4n) is 2.19. The van der Waals surface area contributed by atoms with Crippen molar-refractivity contribution in [1.29, 1.82) is 0 Å². The molecule has 1 aliphatic rings. The molecule has 5 nitrogen and oxygen atoms in total. The Morgan fingerprint density at radius 2 is 1.96 bits per heavy atom. The van der Waals surface area contributed by atoms with Gasteiger partial charge in [-0.15, -0.1) is 3.89 Å². The number of carbonyl (C=O) groups excluding carboxylic acids is 1. The molecular formula is C18H25BrF2N2O3S2. The number of halogens is 3. The largest absolute Gasteiger partial charge is 0.443 e. The fraction of sp³-hybridized carbons (Fsp3) is 0.556. The number of hydrogen-bond donors (Lipinski definition) is 0. The van der Waals surface area contributed by atoms with Crippen LogP contribution in [0.1, 0.15) is 38.7 Å². The van der Waals surface area contributed by atoms with Gasteiger partial charge in [-0.1, -0.05) is 27.7 Å². The Bertz CT molecular complexity index is 702. The highest BCUT2D eigenvalue weighted by atomic mass is 79.9. The lowest BCUT2D eigenvalue weighted by Gasteiger charge is -2.24. The molecule has 0 saturated heterocycles. The molecule has 2 unspecified atom stereocenters. The summed E-state index contributed by atoms with van der Waals surface area (Å²) < 4.78 is 38.3. The minimum Gasteiger partial charge on any atom is -0.443 e. The van der Waals surface area contributed by atoms with Gasteiger partial charge in [-0.2, -0.15) is 4.31 Å². The molecule has 0 heterocycles. The molecule has 1 fully saturated rings. The molecule has 0 N–H and O–H groups in total. The van der Waals surface area contributed by atoms with Gasteiger partial charge < -0.3 is 9.47 Å². The summed E-state index contributed by atoms with van der Waals surface area (Å²) in [7, 11) is 4.73. The van der Waals surface area contributed by atoms with Crippen LogP contribution in [0.5, 0.6) is 0 Å². The predicted molar refractivity (Wildman–Crippen MR) is 116 cm³/mol. The molecule has 10 heteroatoms. The maximum atomic E-state index is 14.0. The summed E-state index contributed by atoms with van der Waals surface area (Å²) in [5, 5.41) is 0.226. The Kier molecular flexibility index (Phi) is 10.2. The molecule has 1 aliphatic carbocycles. The third-order valence-corrected chi connectivity index (χ3v) is 5.81. The maximum absolute atomic E-state index is 14.0. The standard InChI is InChI=1S/C16H19BrF2N2O2S2.C2H6O/c1-16(2,3)23-15(22)21(25-19)14(20-4)24-13-8-11(13)10-7-9(17)5-6-12(10)18;1-3-2/h5-7,11,13H,8H2,1-4H3;1-2H3. The third kappa shape index (κ3) is 7.88. The van der Waals surface area contributed by atoms with E-state index in [0.717, 1.165) is 15.2 Å². The smallest absolute Gasteiger partial charge is 0.428 e. The zero-order chi connectivity index (χ0) is 21.5. The first-order valence-corrected chi connectivity index (χ1v) is 10.7. The van der Waals surface area contributed by atoms with Gasteiger partial charge in [0.2, 0.25) is 0 Å².